The highest BCUT2D eigenvalue weighted by Crippen LogP contribution is 2.50. The van der Waals surface area contributed by atoms with Gasteiger partial charge < -0.3 is 0 Å². The lowest BCUT2D eigenvalue weighted by Gasteiger charge is -2.32. The number of halogens is 1. The van der Waals surface area contributed by atoms with Crippen LogP contribution in [0.3, 0.4) is 0 Å². The molecule has 3 nitrogen and oxygen atoms in total. The first-order valence-corrected chi connectivity index (χ1v) is 10.9. The van der Waals surface area contributed by atoms with Crippen LogP contribution >= 0.6 is 11.6 Å². The van der Waals surface area contributed by atoms with Gasteiger partial charge in [-0.25, -0.2) is 4.90 Å². The van der Waals surface area contributed by atoms with Crippen LogP contribution in [0.5, 0.6) is 0 Å². The van der Waals surface area contributed by atoms with Crippen LogP contribution in [-0.4, -0.2) is 11.8 Å². The van der Waals surface area contributed by atoms with E-state index in [-0.39, 0.29) is 23.7 Å². The topological polar surface area (TPSA) is 37.4 Å². The molecule has 31 heavy (non-hydrogen) atoms. The molecule has 2 aliphatic rings. The van der Waals surface area contributed by atoms with E-state index in [1.54, 1.807) is 12.1 Å². The largest absolute Gasteiger partial charge is 0.274 e. The number of amides is 2. The van der Waals surface area contributed by atoms with Gasteiger partial charge in [-0.05, 0) is 35.7 Å². The minimum atomic E-state index is -0.454. The van der Waals surface area contributed by atoms with Crippen molar-refractivity contribution >= 4 is 29.1 Å². The first kappa shape index (κ1) is 19.8. The molecule has 3 aromatic carbocycles. The normalized spacial score (nSPS) is 25.0. The molecule has 3 aromatic rings. The fourth-order valence-corrected chi connectivity index (χ4v) is 5.08. The van der Waals surface area contributed by atoms with Crippen molar-refractivity contribution in [3.8, 4) is 0 Å². The summed E-state index contributed by atoms with van der Waals surface area (Å²) >= 11 is 6.33. The van der Waals surface area contributed by atoms with Gasteiger partial charge in [0.15, 0.2) is 0 Å². The molecule has 0 bridgehead atoms. The summed E-state index contributed by atoms with van der Waals surface area (Å²) in [5, 5.41) is 0.547. The van der Waals surface area contributed by atoms with Crippen molar-refractivity contribution in [2.45, 2.75) is 18.8 Å². The number of aryl methyl sites for hydroxylation is 1. The van der Waals surface area contributed by atoms with E-state index >= 15 is 0 Å². The van der Waals surface area contributed by atoms with Crippen molar-refractivity contribution in [1.29, 1.82) is 0 Å². The summed E-state index contributed by atoms with van der Waals surface area (Å²) in [5.41, 5.74) is 3.54. The molecule has 1 saturated heterocycles. The lowest BCUT2D eigenvalue weighted by Crippen LogP contribution is -2.31. The minimum absolute atomic E-state index is 0.145. The number of rotatable bonds is 3. The third-order valence-electron chi connectivity index (χ3n) is 6.48. The molecule has 4 atom stereocenters. The fraction of sp³-hybridized carbons (Fsp3) is 0.185. The number of hydrogen-bond donors (Lipinski definition) is 0. The van der Waals surface area contributed by atoms with Crippen molar-refractivity contribution in [3.05, 3.63) is 113 Å². The van der Waals surface area contributed by atoms with Gasteiger partial charge in [-0.2, -0.15) is 0 Å². The summed E-state index contributed by atoms with van der Waals surface area (Å²) in [6.07, 6.45) is 4.20. The molecular formula is C27H22ClNO2. The van der Waals surface area contributed by atoms with Gasteiger partial charge in [-0.15, -0.1) is 0 Å². The Morgan fingerprint density at radius 2 is 1.19 bits per heavy atom. The zero-order valence-electron chi connectivity index (χ0n) is 17.1. The number of nitrogens with zero attached hydrogens (tertiary/aromatic N) is 1. The van der Waals surface area contributed by atoms with Crippen molar-refractivity contribution in [2.75, 3.05) is 4.90 Å². The highest BCUT2D eigenvalue weighted by Gasteiger charge is 2.55. The number of benzene rings is 3. The number of allylic oxidation sites excluding steroid dienone is 2. The molecule has 0 N–H and O–H groups in total. The van der Waals surface area contributed by atoms with Crippen LogP contribution in [0.4, 0.5) is 5.69 Å². The van der Waals surface area contributed by atoms with E-state index in [1.165, 1.54) is 4.90 Å². The third-order valence-corrected chi connectivity index (χ3v) is 6.89. The quantitative estimate of drug-likeness (QED) is 0.386. The van der Waals surface area contributed by atoms with Crippen LogP contribution in [-0.2, 0) is 9.59 Å². The summed E-state index contributed by atoms with van der Waals surface area (Å²) < 4.78 is 0. The lowest BCUT2D eigenvalue weighted by molar-refractivity contribution is -0.122. The Bertz CT molecular complexity index is 1100. The highest BCUT2D eigenvalue weighted by atomic mass is 35.5. The summed E-state index contributed by atoms with van der Waals surface area (Å²) in [5.74, 6) is -1.51. The number of anilines is 1. The average molecular weight is 428 g/mol. The molecule has 1 aliphatic carbocycles. The van der Waals surface area contributed by atoms with Crippen molar-refractivity contribution < 1.29 is 9.59 Å². The molecule has 1 heterocycles. The first-order chi connectivity index (χ1) is 15.1. The average Bonchev–Trinajstić information content (AvgIpc) is 3.07. The SMILES string of the molecule is Cc1ccc(N2C(=O)[C@H]3[C@H](C2=O)[C@H](c2ccccc2)C=C[C@H]3c2ccccc2)cc1Cl. The Hall–Kier alpha value is -3.17. The predicted octanol–water partition coefficient (Wildman–Crippen LogP) is 5.89. The molecule has 1 fully saturated rings. The zero-order chi connectivity index (χ0) is 21.5. The molecule has 0 spiro atoms. The van der Waals surface area contributed by atoms with E-state index in [0.29, 0.717) is 10.7 Å². The molecule has 4 heteroatoms. The van der Waals surface area contributed by atoms with Gasteiger partial charge in [-0.1, -0.05) is 90.5 Å². The van der Waals surface area contributed by atoms with E-state index in [2.05, 4.69) is 12.2 Å². The maximum atomic E-state index is 13.7. The maximum Gasteiger partial charge on any atom is 0.238 e. The van der Waals surface area contributed by atoms with Crippen LogP contribution < -0.4 is 4.90 Å². The van der Waals surface area contributed by atoms with E-state index in [9.17, 15) is 9.59 Å². The minimum Gasteiger partial charge on any atom is -0.274 e. The monoisotopic (exact) mass is 427 g/mol. The summed E-state index contributed by atoms with van der Waals surface area (Å²) in [7, 11) is 0. The second kappa shape index (κ2) is 7.82. The van der Waals surface area contributed by atoms with Crippen LogP contribution in [0, 0.1) is 18.8 Å². The standard InChI is InChI=1S/C27H22ClNO2/c1-17-12-13-20(16-23(17)28)29-26(30)24-21(18-8-4-2-5-9-18)14-15-22(25(24)27(29)31)19-10-6-3-7-11-19/h2-16,21-22,24-25H,1H3/t21-,22-,24+,25+/m0/s1. The molecule has 0 aromatic heterocycles. The van der Waals surface area contributed by atoms with E-state index in [1.807, 2.05) is 73.7 Å². The van der Waals surface area contributed by atoms with Gasteiger partial charge in [0.1, 0.15) is 0 Å². The fourth-order valence-electron chi connectivity index (χ4n) is 4.91. The summed E-state index contributed by atoms with van der Waals surface area (Å²) in [6.45, 7) is 1.90. The van der Waals surface area contributed by atoms with E-state index in [0.717, 1.165) is 16.7 Å². The summed E-state index contributed by atoms with van der Waals surface area (Å²) in [6, 6.07) is 25.3. The smallest absolute Gasteiger partial charge is 0.238 e. The van der Waals surface area contributed by atoms with Crippen LogP contribution in [0.1, 0.15) is 28.5 Å². The van der Waals surface area contributed by atoms with Crippen molar-refractivity contribution in [3.63, 3.8) is 0 Å². The Morgan fingerprint density at radius 3 is 1.65 bits per heavy atom. The second-order valence-corrected chi connectivity index (χ2v) is 8.66. The van der Waals surface area contributed by atoms with Gasteiger partial charge in [0.25, 0.3) is 0 Å². The van der Waals surface area contributed by atoms with Gasteiger partial charge in [0.05, 0.1) is 17.5 Å². The Labute approximate surface area is 187 Å². The van der Waals surface area contributed by atoms with Crippen molar-refractivity contribution in [1.82, 2.24) is 0 Å². The Morgan fingerprint density at radius 1 is 0.710 bits per heavy atom. The Kier molecular flexibility index (Phi) is 4.99. The maximum absolute atomic E-state index is 13.7. The molecule has 5 rings (SSSR count). The summed E-state index contributed by atoms with van der Waals surface area (Å²) in [4.78, 5) is 28.8. The van der Waals surface area contributed by atoms with E-state index in [4.69, 9.17) is 11.6 Å². The second-order valence-electron chi connectivity index (χ2n) is 8.25. The van der Waals surface area contributed by atoms with Gasteiger partial charge >= 0.3 is 0 Å². The number of carbonyl (C=O) groups is 2. The lowest BCUT2D eigenvalue weighted by atomic mass is 9.68. The zero-order valence-corrected chi connectivity index (χ0v) is 17.9. The van der Waals surface area contributed by atoms with Crippen LogP contribution in [0.15, 0.2) is 91.0 Å². The molecular weight excluding hydrogens is 406 g/mol. The first-order valence-electron chi connectivity index (χ1n) is 10.5. The van der Waals surface area contributed by atoms with Crippen LogP contribution in [0.2, 0.25) is 5.02 Å². The molecule has 0 radical (unpaired) electrons. The molecule has 1 aliphatic heterocycles. The molecule has 0 unspecified atom stereocenters. The molecule has 2 amide bonds. The van der Waals surface area contributed by atoms with E-state index < -0.39 is 11.8 Å². The number of imide groups is 1. The third kappa shape index (κ3) is 3.30. The number of fused-ring (bicyclic) bond motifs is 1. The van der Waals surface area contributed by atoms with Gasteiger partial charge in [0, 0.05) is 16.9 Å². The van der Waals surface area contributed by atoms with Gasteiger partial charge in [0.2, 0.25) is 11.8 Å². The van der Waals surface area contributed by atoms with Crippen LogP contribution in [0.25, 0.3) is 0 Å². The van der Waals surface area contributed by atoms with Gasteiger partial charge in [-0.3, -0.25) is 9.59 Å². The molecule has 154 valence electrons. The predicted molar refractivity (Wildman–Crippen MR) is 123 cm³/mol. The number of carbonyl (C=O) groups excluding carboxylic acids is 2. The highest BCUT2D eigenvalue weighted by molar-refractivity contribution is 6.32. The number of hydrogen-bond acceptors (Lipinski definition) is 2. The van der Waals surface area contributed by atoms with Crippen molar-refractivity contribution in [2.24, 2.45) is 11.8 Å². The Balaban J connectivity index is 1.63. The molecule has 0 saturated carbocycles.